The first kappa shape index (κ1) is 13.5. The molecule has 0 heterocycles. The van der Waals surface area contributed by atoms with Crippen LogP contribution >= 0.6 is 0 Å². The molecular weight excluding hydrogens is 218 g/mol. The Labute approximate surface area is 101 Å². The van der Waals surface area contributed by atoms with Crippen LogP contribution in [0.4, 0.5) is 0 Å². The van der Waals surface area contributed by atoms with Gasteiger partial charge in [-0.2, -0.15) is 0 Å². The summed E-state index contributed by atoms with van der Waals surface area (Å²) in [6.07, 6.45) is 0.859. The third-order valence-electron chi connectivity index (χ3n) is 2.51. The number of carboxylic acid groups (broad SMARTS) is 1. The van der Waals surface area contributed by atoms with Gasteiger partial charge >= 0.3 is 5.97 Å². The molecule has 0 amide bonds. The molecule has 3 N–H and O–H groups in total. The molecule has 4 heteroatoms. The zero-order chi connectivity index (χ0) is 12.9. The van der Waals surface area contributed by atoms with Gasteiger partial charge in [0, 0.05) is 5.54 Å². The van der Waals surface area contributed by atoms with Crippen LogP contribution in [-0.4, -0.2) is 17.7 Å². The Balaban J connectivity index is 2.75. The SMILES string of the molecule is CCCOc1ccc(C(C)(N)CC(=O)O)cc1. The second kappa shape index (κ2) is 5.68. The van der Waals surface area contributed by atoms with Crippen molar-refractivity contribution in [3.05, 3.63) is 29.8 Å². The Morgan fingerprint density at radius 3 is 2.47 bits per heavy atom. The maximum atomic E-state index is 10.7. The van der Waals surface area contributed by atoms with Crippen LogP contribution in [0, 0.1) is 0 Å². The van der Waals surface area contributed by atoms with Crippen molar-refractivity contribution in [1.82, 2.24) is 0 Å². The van der Waals surface area contributed by atoms with Gasteiger partial charge in [-0.3, -0.25) is 4.79 Å². The molecule has 0 aliphatic heterocycles. The summed E-state index contributed by atoms with van der Waals surface area (Å²) in [6, 6.07) is 7.26. The molecule has 0 aliphatic rings. The van der Waals surface area contributed by atoms with Gasteiger partial charge in [-0.25, -0.2) is 0 Å². The van der Waals surface area contributed by atoms with Crippen LogP contribution in [0.2, 0.25) is 0 Å². The molecule has 1 rings (SSSR count). The van der Waals surface area contributed by atoms with Crippen molar-refractivity contribution in [2.75, 3.05) is 6.61 Å². The Morgan fingerprint density at radius 1 is 1.41 bits per heavy atom. The summed E-state index contributed by atoms with van der Waals surface area (Å²) >= 11 is 0. The predicted octanol–water partition coefficient (Wildman–Crippen LogP) is 2.12. The highest BCUT2D eigenvalue weighted by molar-refractivity contribution is 5.68. The minimum Gasteiger partial charge on any atom is -0.494 e. The molecule has 94 valence electrons. The highest BCUT2D eigenvalue weighted by Crippen LogP contribution is 2.24. The van der Waals surface area contributed by atoms with Gasteiger partial charge in [-0.1, -0.05) is 19.1 Å². The first-order chi connectivity index (χ1) is 7.95. The zero-order valence-electron chi connectivity index (χ0n) is 10.3. The lowest BCUT2D eigenvalue weighted by Crippen LogP contribution is -2.35. The van der Waals surface area contributed by atoms with Crippen LogP contribution in [0.3, 0.4) is 0 Å². The predicted molar refractivity (Wildman–Crippen MR) is 66.0 cm³/mol. The Kier molecular flexibility index (Phi) is 4.52. The minimum atomic E-state index is -0.902. The standard InChI is InChI=1S/C13H19NO3/c1-3-8-17-11-6-4-10(5-7-11)13(2,14)9-12(15)16/h4-7H,3,8-9,14H2,1-2H3,(H,15,16). The van der Waals surface area contributed by atoms with E-state index in [2.05, 4.69) is 0 Å². The van der Waals surface area contributed by atoms with E-state index in [-0.39, 0.29) is 6.42 Å². The van der Waals surface area contributed by atoms with Gasteiger partial charge < -0.3 is 15.6 Å². The molecule has 0 saturated heterocycles. The smallest absolute Gasteiger partial charge is 0.305 e. The van der Waals surface area contributed by atoms with Gasteiger partial charge in [0.1, 0.15) is 5.75 Å². The minimum absolute atomic E-state index is 0.0951. The third kappa shape index (κ3) is 4.07. The van der Waals surface area contributed by atoms with Gasteiger partial charge in [0.2, 0.25) is 0 Å². The van der Waals surface area contributed by atoms with Gasteiger partial charge in [0.15, 0.2) is 0 Å². The number of nitrogens with two attached hydrogens (primary N) is 1. The number of benzene rings is 1. The van der Waals surface area contributed by atoms with E-state index in [0.717, 1.165) is 17.7 Å². The monoisotopic (exact) mass is 237 g/mol. The number of hydrogen-bond donors (Lipinski definition) is 2. The average molecular weight is 237 g/mol. The first-order valence-electron chi connectivity index (χ1n) is 5.69. The maximum Gasteiger partial charge on any atom is 0.305 e. The summed E-state index contributed by atoms with van der Waals surface area (Å²) < 4.78 is 5.45. The van der Waals surface area contributed by atoms with Gasteiger partial charge in [-0.15, -0.1) is 0 Å². The first-order valence-corrected chi connectivity index (χ1v) is 5.69. The molecule has 1 unspecified atom stereocenters. The van der Waals surface area contributed by atoms with Gasteiger partial charge in [0.25, 0.3) is 0 Å². The topological polar surface area (TPSA) is 72.5 Å². The third-order valence-corrected chi connectivity index (χ3v) is 2.51. The second-order valence-electron chi connectivity index (χ2n) is 4.36. The Bertz CT molecular complexity index is 371. The molecular formula is C13H19NO3. The lowest BCUT2D eigenvalue weighted by Gasteiger charge is -2.23. The van der Waals surface area contributed by atoms with E-state index in [9.17, 15) is 4.79 Å². The summed E-state index contributed by atoms with van der Waals surface area (Å²) in [5.74, 6) is -0.122. The molecule has 17 heavy (non-hydrogen) atoms. The van der Waals surface area contributed by atoms with Crippen molar-refractivity contribution in [2.24, 2.45) is 5.73 Å². The van der Waals surface area contributed by atoms with Gasteiger partial charge in [-0.05, 0) is 31.0 Å². The molecule has 0 aliphatic carbocycles. The summed E-state index contributed by atoms with van der Waals surface area (Å²) in [7, 11) is 0. The summed E-state index contributed by atoms with van der Waals surface area (Å²) in [5.41, 5.74) is 5.91. The van der Waals surface area contributed by atoms with E-state index >= 15 is 0 Å². The largest absolute Gasteiger partial charge is 0.494 e. The van der Waals surface area contributed by atoms with Crippen molar-refractivity contribution >= 4 is 5.97 Å². The molecule has 1 aromatic carbocycles. The molecule has 0 saturated carbocycles. The normalized spacial score (nSPS) is 14.1. The maximum absolute atomic E-state index is 10.7. The highest BCUT2D eigenvalue weighted by atomic mass is 16.5. The number of carboxylic acids is 1. The van der Waals surface area contributed by atoms with Crippen LogP contribution in [0.5, 0.6) is 5.75 Å². The van der Waals surface area contributed by atoms with Crippen LogP contribution < -0.4 is 10.5 Å². The van der Waals surface area contributed by atoms with Crippen LogP contribution in [0.1, 0.15) is 32.3 Å². The lowest BCUT2D eigenvalue weighted by atomic mass is 9.90. The summed E-state index contributed by atoms with van der Waals surface area (Å²) in [4.78, 5) is 10.7. The van der Waals surface area contributed by atoms with E-state index in [1.807, 2.05) is 31.2 Å². The molecule has 1 atom stereocenters. The van der Waals surface area contributed by atoms with Crippen LogP contribution in [0.15, 0.2) is 24.3 Å². The van der Waals surface area contributed by atoms with Crippen LogP contribution in [0.25, 0.3) is 0 Å². The van der Waals surface area contributed by atoms with Crippen LogP contribution in [-0.2, 0) is 10.3 Å². The fraction of sp³-hybridized carbons (Fsp3) is 0.462. The highest BCUT2D eigenvalue weighted by Gasteiger charge is 2.24. The average Bonchev–Trinajstić information content (AvgIpc) is 2.25. The molecule has 0 radical (unpaired) electrons. The number of ether oxygens (including phenoxy) is 1. The Morgan fingerprint density at radius 2 is 2.00 bits per heavy atom. The zero-order valence-corrected chi connectivity index (χ0v) is 10.3. The van der Waals surface area contributed by atoms with E-state index in [4.69, 9.17) is 15.6 Å². The van der Waals surface area contributed by atoms with E-state index in [1.54, 1.807) is 6.92 Å². The van der Waals surface area contributed by atoms with Crippen molar-refractivity contribution in [3.63, 3.8) is 0 Å². The summed E-state index contributed by atoms with van der Waals surface area (Å²) in [5, 5.41) is 8.78. The quantitative estimate of drug-likeness (QED) is 0.795. The van der Waals surface area contributed by atoms with Crippen molar-refractivity contribution in [1.29, 1.82) is 0 Å². The Hall–Kier alpha value is -1.55. The fourth-order valence-electron chi connectivity index (χ4n) is 1.57. The summed E-state index contributed by atoms with van der Waals surface area (Å²) in [6.45, 7) is 4.43. The number of rotatable bonds is 6. The fourth-order valence-corrected chi connectivity index (χ4v) is 1.57. The van der Waals surface area contributed by atoms with E-state index in [1.165, 1.54) is 0 Å². The van der Waals surface area contributed by atoms with Gasteiger partial charge in [0.05, 0.1) is 13.0 Å². The molecule has 4 nitrogen and oxygen atoms in total. The molecule has 0 fully saturated rings. The van der Waals surface area contributed by atoms with E-state index in [0.29, 0.717) is 6.61 Å². The number of hydrogen-bond acceptors (Lipinski definition) is 3. The van der Waals surface area contributed by atoms with Crippen molar-refractivity contribution < 1.29 is 14.6 Å². The van der Waals surface area contributed by atoms with Crippen molar-refractivity contribution in [2.45, 2.75) is 32.2 Å². The molecule has 0 aromatic heterocycles. The second-order valence-corrected chi connectivity index (χ2v) is 4.36. The molecule has 1 aromatic rings. The molecule has 0 bridgehead atoms. The van der Waals surface area contributed by atoms with Crippen molar-refractivity contribution in [3.8, 4) is 5.75 Å². The molecule has 0 spiro atoms. The lowest BCUT2D eigenvalue weighted by molar-refractivity contribution is -0.138. The van der Waals surface area contributed by atoms with E-state index < -0.39 is 11.5 Å². The number of aliphatic carboxylic acids is 1. The number of carbonyl (C=O) groups is 1.